The summed E-state index contributed by atoms with van der Waals surface area (Å²) in [5, 5.41) is 8.97. The van der Waals surface area contributed by atoms with Gasteiger partial charge < -0.3 is 19.6 Å². The average Bonchev–Trinajstić information content (AvgIpc) is 2.46. The monoisotopic (exact) mass is 275 g/mol. The molecule has 0 aliphatic rings. The third-order valence-electron chi connectivity index (χ3n) is 2.82. The molecule has 0 saturated heterocycles. The van der Waals surface area contributed by atoms with E-state index in [4.69, 9.17) is 14.6 Å². The molecule has 1 aromatic heterocycles. The van der Waals surface area contributed by atoms with Gasteiger partial charge in [-0.05, 0) is 29.3 Å². The Hall–Kier alpha value is -2.76. The molecule has 6 heteroatoms. The van der Waals surface area contributed by atoms with Gasteiger partial charge in [0.2, 0.25) is 0 Å². The van der Waals surface area contributed by atoms with E-state index in [0.29, 0.717) is 22.6 Å². The Balaban J connectivity index is 2.59. The first-order chi connectivity index (χ1) is 9.55. The Morgan fingerprint density at radius 1 is 1.05 bits per heavy atom. The Kier molecular flexibility index (Phi) is 3.74. The highest BCUT2D eigenvalue weighted by Gasteiger charge is 2.11. The number of nitrogens with one attached hydrogen (secondary N) is 1. The van der Waals surface area contributed by atoms with Gasteiger partial charge in [0.25, 0.3) is 5.56 Å². The smallest absolute Gasteiger partial charge is 0.341 e. The van der Waals surface area contributed by atoms with Crippen LogP contribution in [-0.2, 0) is 0 Å². The van der Waals surface area contributed by atoms with Gasteiger partial charge in [-0.3, -0.25) is 4.79 Å². The van der Waals surface area contributed by atoms with E-state index >= 15 is 0 Å². The van der Waals surface area contributed by atoms with Crippen LogP contribution in [0.1, 0.15) is 10.4 Å². The molecule has 0 bridgehead atoms. The summed E-state index contributed by atoms with van der Waals surface area (Å²) in [7, 11) is 3.04. The van der Waals surface area contributed by atoms with Gasteiger partial charge in [-0.1, -0.05) is 0 Å². The lowest BCUT2D eigenvalue weighted by Crippen LogP contribution is -2.16. The second kappa shape index (κ2) is 5.48. The van der Waals surface area contributed by atoms with Gasteiger partial charge >= 0.3 is 5.97 Å². The molecule has 20 heavy (non-hydrogen) atoms. The zero-order valence-corrected chi connectivity index (χ0v) is 11.0. The fraction of sp³-hybridized carbons (Fsp3) is 0.143. The number of methoxy groups -OCH3 is 2. The van der Waals surface area contributed by atoms with Crippen molar-refractivity contribution in [1.29, 1.82) is 0 Å². The van der Waals surface area contributed by atoms with Gasteiger partial charge in [-0.15, -0.1) is 0 Å². The second-order valence-electron chi connectivity index (χ2n) is 4.04. The molecule has 0 atom stereocenters. The van der Waals surface area contributed by atoms with E-state index in [9.17, 15) is 9.59 Å². The van der Waals surface area contributed by atoms with Crippen LogP contribution in [-0.4, -0.2) is 30.3 Å². The molecule has 0 fully saturated rings. The molecule has 0 saturated carbocycles. The molecule has 1 heterocycles. The Morgan fingerprint density at radius 2 is 1.65 bits per heavy atom. The van der Waals surface area contributed by atoms with Crippen molar-refractivity contribution >= 4 is 5.97 Å². The van der Waals surface area contributed by atoms with Crippen molar-refractivity contribution in [2.24, 2.45) is 0 Å². The minimum atomic E-state index is -1.28. The SMILES string of the molecule is COc1cc(OC)cc(-c2c[nH]c(=O)c(C(=O)O)c2)c1. The second-order valence-corrected chi connectivity index (χ2v) is 4.04. The standard InChI is InChI=1S/C14H13NO5/c1-19-10-3-8(4-11(6-10)20-2)9-5-12(14(17)18)13(16)15-7-9/h3-7H,1-2H3,(H,15,16)(H,17,18). The molecule has 2 rings (SSSR count). The van der Waals surface area contributed by atoms with E-state index in [0.717, 1.165) is 0 Å². The molecule has 1 aromatic carbocycles. The van der Waals surface area contributed by atoms with E-state index in [2.05, 4.69) is 4.98 Å². The maximum atomic E-state index is 11.4. The summed E-state index contributed by atoms with van der Waals surface area (Å²) in [5.41, 5.74) is 0.277. The van der Waals surface area contributed by atoms with Gasteiger partial charge in [0.05, 0.1) is 14.2 Å². The molecule has 0 amide bonds. The maximum absolute atomic E-state index is 11.4. The maximum Gasteiger partial charge on any atom is 0.341 e. The van der Waals surface area contributed by atoms with Gasteiger partial charge in [-0.2, -0.15) is 0 Å². The number of hydrogen-bond acceptors (Lipinski definition) is 4. The highest BCUT2D eigenvalue weighted by Crippen LogP contribution is 2.29. The molecule has 0 aliphatic carbocycles. The lowest BCUT2D eigenvalue weighted by Gasteiger charge is -2.09. The molecule has 0 spiro atoms. The van der Waals surface area contributed by atoms with E-state index < -0.39 is 11.5 Å². The average molecular weight is 275 g/mol. The van der Waals surface area contributed by atoms with Crippen molar-refractivity contribution < 1.29 is 19.4 Å². The number of benzene rings is 1. The fourth-order valence-electron chi connectivity index (χ4n) is 1.78. The largest absolute Gasteiger partial charge is 0.497 e. The summed E-state index contributed by atoms with van der Waals surface area (Å²) in [6.07, 6.45) is 1.45. The number of aromatic carboxylic acids is 1. The van der Waals surface area contributed by atoms with Crippen LogP contribution < -0.4 is 15.0 Å². The zero-order chi connectivity index (χ0) is 14.7. The van der Waals surface area contributed by atoms with Gasteiger partial charge in [-0.25, -0.2) is 4.79 Å². The number of aromatic nitrogens is 1. The minimum Gasteiger partial charge on any atom is -0.497 e. The number of pyridine rings is 1. The van der Waals surface area contributed by atoms with Gasteiger partial charge in [0, 0.05) is 12.3 Å². The number of hydrogen-bond donors (Lipinski definition) is 2. The number of aromatic amines is 1. The van der Waals surface area contributed by atoms with Gasteiger partial charge in [0.15, 0.2) is 0 Å². The van der Waals surface area contributed by atoms with Crippen molar-refractivity contribution in [3.63, 3.8) is 0 Å². The van der Waals surface area contributed by atoms with E-state index in [1.54, 1.807) is 18.2 Å². The number of ether oxygens (including phenoxy) is 2. The Labute approximate surface area is 114 Å². The van der Waals surface area contributed by atoms with Crippen LogP contribution >= 0.6 is 0 Å². The predicted octanol–water partition coefficient (Wildman–Crippen LogP) is 1.76. The summed E-state index contributed by atoms with van der Waals surface area (Å²) in [6.45, 7) is 0. The molecule has 104 valence electrons. The van der Waals surface area contributed by atoms with E-state index in [-0.39, 0.29) is 5.56 Å². The highest BCUT2D eigenvalue weighted by atomic mass is 16.5. The minimum absolute atomic E-state index is 0.315. The lowest BCUT2D eigenvalue weighted by molar-refractivity contribution is 0.0695. The Morgan fingerprint density at radius 3 is 2.15 bits per heavy atom. The third kappa shape index (κ3) is 2.64. The first-order valence-electron chi connectivity index (χ1n) is 5.74. The van der Waals surface area contributed by atoms with Crippen LogP contribution in [0, 0.1) is 0 Å². The summed E-state index contributed by atoms with van der Waals surface area (Å²) < 4.78 is 10.3. The molecule has 0 unspecified atom stereocenters. The van der Waals surface area contributed by atoms with E-state index in [1.807, 2.05) is 0 Å². The molecule has 0 aliphatic heterocycles. The van der Waals surface area contributed by atoms with Crippen LogP contribution in [0.25, 0.3) is 11.1 Å². The number of carboxylic acids is 1. The molecular formula is C14H13NO5. The quantitative estimate of drug-likeness (QED) is 0.887. The summed E-state index contributed by atoms with van der Waals surface area (Å²) in [4.78, 5) is 24.8. The topological polar surface area (TPSA) is 88.6 Å². The summed E-state index contributed by atoms with van der Waals surface area (Å²) in [6, 6.07) is 6.46. The molecule has 0 radical (unpaired) electrons. The number of carboxylic acid groups (broad SMARTS) is 1. The van der Waals surface area contributed by atoms with Crippen LogP contribution in [0.3, 0.4) is 0 Å². The number of H-pyrrole nitrogens is 1. The first-order valence-corrected chi connectivity index (χ1v) is 5.74. The van der Waals surface area contributed by atoms with Crippen molar-refractivity contribution in [3.05, 3.63) is 46.4 Å². The predicted molar refractivity (Wildman–Crippen MR) is 72.6 cm³/mol. The molecule has 2 aromatic rings. The van der Waals surface area contributed by atoms with Crippen molar-refractivity contribution in [1.82, 2.24) is 4.98 Å². The highest BCUT2D eigenvalue weighted by molar-refractivity contribution is 5.88. The fourth-order valence-corrected chi connectivity index (χ4v) is 1.78. The lowest BCUT2D eigenvalue weighted by atomic mass is 10.1. The summed E-state index contributed by atoms with van der Waals surface area (Å²) >= 11 is 0. The number of carbonyl (C=O) groups is 1. The number of rotatable bonds is 4. The van der Waals surface area contributed by atoms with Crippen molar-refractivity contribution in [2.75, 3.05) is 14.2 Å². The van der Waals surface area contributed by atoms with Crippen LogP contribution in [0.2, 0.25) is 0 Å². The van der Waals surface area contributed by atoms with Crippen molar-refractivity contribution in [2.45, 2.75) is 0 Å². The molecule has 2 N–H and O–H groups in total. The van der Waals surface area contributed by atoms with Crippen LogP contribution in [0.5, 0.6) is 11.5 Å². The third-order valence-corrected chi connectivity index (χ3v) is 2.82. The normalized spacial score (nSPS) is 10.1. The van der Waals surface area contributed by atoms with E-state index in [1.165, 1.54) is 26.5 Å². The van der Waals surface area contributed by atoms with Gasteiger partial charge in [0.1, 0.15) is 17.1 Å². The zero-order valence-electron chi connectivity index (χ0n) is 11.0. The Bertz CT molecular complexity index is 683. The van der Waals surface area contributed by atoms with Crippen molar-refractivity contribution in [3.8, 4) is 22.6 Å². The van der Waals surface area contributed by atoms with Crippen LogP contribution in [0.15, 0.2) is 35.3 Å². The molecule has 6 nitrogen and oxygen atoms in total. The molecular weight excluding hydrogens is 262 g/mol. The first kappa shape index (κ1) is 13.7. The summed E-state index contributed by atoms with van der Waals surface area (Å²) in [5.74, 6) is -0.132. The van der Waals surface area contributed by atoms with Crippen LogP contribution in [0.4, 0.5) is 0 Å².